The van der Waals surface area contributed by atoms with Crippen molar-refractivity contribution >= 4 is 39.1 Å². The lowest BCUT2D eigenvalue weighted by atomic mass is 10.2. The second-order valence-electron chi connectivity index (χ2n) is 5.34. The maximum absolute atomic E-state index is 12.0. The summed E-state index contributed by atoms with van der Waals surface area (Å²) < 4.78 is 1.04. The van der Waals surface area contributed by atoms with E-state index in [0.717, 1.165) is 21.3 Å². The maximum atomic E-state index is 12.0. The number of para-hydroxylation sites is 1. The summed E-state index contributed by atoms with van der Waals surface area (Å²) in [4.78, 5) is 38.4. The predicted molar refractivity (Wildman–Crippen MR) is 96.9 cm³/mol. The van der Waals surface area contributed by atoms with Crippen molar-refractivity contribution in [2.45, 2.75) is 6.54 Å². The predicted octanol–water partition coefficient (Wildman–Crippen LogP) is 2.25. The van der Waals surface area contributed by atoms with Crippen LogP contribution in [-0.4, -0.2) is 28.3 Å². The van der Waals surface area contributed by atoms with Gasteiger partial charge < -0.3 is 10.6 Å². The third-order valence-corrected chi connectivity index (χ3v) is 4.54. The van der Waals surface area contributed by atoms with Gasteiger partial charge in [-0.1, -0.05) is 18.2 Å². The summed E-state index contributed by atoms with van der Waals surface area (Å²) in [7, 11) is 0. The lowest BCUT2D eigenvalue weighted by Crippen LogP contribution is -2.36. The third kappa shape index (κ3) is 4.19. The standard InChI is InChI=1S/C17H14N4O4S/c22-15(18-10-16-20-13-6-1-2-7-14(13)26-16)9-19-17(23)11-4-3-5-12(8-11)21(24)25/h1-8H,9-10H2,(H,18,22)(H,19,23). The summed E-state index contributed by atoms with van der Waals surface area (Å²) in [6.45, 7) is 0.0390. The molecular weight excluding hydrogens is 356 g/mol. The van der Waals surface area contributed by atoms with Crippen LogP contribution in [0, 0.1) is 10.1 Å². The molecule has 8 nitrogen and oxygen atoms in total. The Morgan fingerprint density at radius 1 is 1.12 bits per heavy atom. The lowest BCUT2D eigenvalue weighted by molar-refractivity contribution is -0.384. The highest BCUT2D eigenvalue weighted by Crippen LogP contribution is 2.21. The van der Waals surface area contributed by atoms with Gasteiger partial charge in [0.05, 0.1) is 28.2 Å². The number of benzene rings is 2. The molecule has 0 radical (unpaired) electrons. The number of rotatable bonds is 6. The van der Waals surface area contributed by atoms with Crippen LogP contribution in [0.5, 0.6) is 0 Å². The summed E-state index contributed by atoms with van der Waals surface area (Å²) in [5.74, 6) is -0.924. The van der Waals surface area contributed by atoms with Crippen molar-refractivity contribution in [2.75, 3.05) is 6.54 Å². The molecular formula is C17H14N4O4S. The van der Waals surface area contributed by atoms with Crippen LogP contribution in [0.4, 0.5) is 5.69 Å². The number of hydrogen-bond acceptors (Lipinski definition) is 6. The van der Waals surface area contributed by atoms with Crippen LogP contribution in [0.1, 0.15) is 15.4 Å². The van der Waals surface area contributed by atoms with Crippen LogP contribution in [0.3, 0.4) is 0 Å². The van der Waals surface area contributed by atoms with E-state index in [0.29, 0.717) is 0 Å². The largest absolute Gasteiger partial charge is 0.348 e. The molecule has 132 valence electrons. The average Bonchev–Trinajstić information content (AvgIpc) is 3.07. The van der Waals surface area contributed by atoms with Crippen LogP contribution in [0.25, 0.3) is 10.2 Å². The lowest BCUT2D eigenvalue weighted by Gasteiger charge is -2.06. The van der Waals surface area contributed by atoms with Gasteiger partial charge in [-0.2, -0.15) is 0 Å². The summed E-state index contributed by atoms with van der Waals surface area (Å²) in [5, 5.41) is 16.6. The molecule has 0 unspecified atom stereocenters. The van der Waals surface area contributed by atoms with Crippen molar-refractivity contribution in [1.29, 1.82) is 0 Å². The number of nitro benzene ring substituents is 1. The summed E-state index contributed by atoms with van der Waals surface area (Å²) in [5.41, 5.74) is 0.817. The number of nitrogens with one attached hydrogen (secondary N) is 2. The SMILES string of the molecule is O=C(CNC(=O)c1cccc([N+](=O)[O-])c1)NCc1nc2ccccc2s1. The number of nitrogens with zero attached hydrogens (tertiary/aromatic N) is 2. The fourth-order valence-electron chi connectivity index (χ4n) is 2.26. The number of nitro groups is 1. The zero-order valence-corrected chi connectivity index (χ0v) is 14.3. The zero-order valence-electron chi connectivity index (χ0n) is 13.5. The van der Waals surface area contributed by atoms with E-state index >= 15 is 0 Å². The van der Waals surface area contributed by atoms with Gasteiger partial charge in [-0.15, -0.1) is 11.3 Å². The molecule has 0 bridgehead atoms. The minimum absolute atomic E-state index is 0.123. The molecule has 0 aliphatic carbocycles. The minimum Gasteiger partial charge on any atom is -0.348 e. The third-order valence-electron chi connectivity index (χ3n) is 3.50. The van der Waals surface area contributed by atoms with Crippen molar-refractivity contribution in [2.24, 2.45) is 0 Å². The molecule has 2 N–H and O–H groups in total. The number of fused-ring (bicyclic) bond motifs is 1. The fraction of sp³-hybridized carbons (Fsp3) is 0.118. The highest BCUT2D eigenvalue weighted by atomic mass is 32.1. The number of aromatic nitrogens is 1. The number of hydrogen-bond donors (Lipinski definition) is 2. The van der Waals surface area contributed by atoms with E-state index < -0.39 is 10.8 Å². The van der Waals surface area contributed by atoms with E-state index in [4.69, 9.17) is 0 Å². The first kappa shape index (κ1) is 17.5. The molecule has 0 fully saturated rings. The van der Waals surface area contributed by atoms with Gasteiger partial charge >= 0.3 is 0 Å². The average molecular weight is 370 g/mol. The van der Waals surface area contributed by atoms with Crippen molar-refractivity contribution in [3.63, 3.8) is 0 Å². The minimum atomic E-state index is -0.582. The summed E-state index contributed by atoms with van der Waals surface area (Å²) in [6, 6.07) is 13.0. The van der Waals surface area contributed by atoms with E-state index in [-0.39, 0.29) is 30.2 Å². The van der Waals surface area contributed by atoms with Crippen LogP contribution in [0.2, 0.25) is 0 Å². The summed E-state index contributed by atoms with van der Waals surface area (Å²) in [6.07, 6.45) is 0. The van der Waals surface area contributed by atoms with Crippen LogP contribution < -0.4 is 10.6 Å². The molecule has 26 heavy (non-hydrogen) atoms. The van der Waals surface area contributed by atoms with E-state index in [1.54, 1.807) is 0 Å². The molecule has 3 rings (SSSR count). The van der Waals surface area contributed by atoms with Gasteiger partial charge in [-0.3, -0.25) is 19.7 Å². The second kappa shape index (κ2) is 7.70. The molecule has 3 aromatic rings. The monoisotopic (exact) mass is 370 g/mol. The molecule has 0 saturated carbocycles. The molecule has 0 saturated heterocycles. The Morgan fingerprint density at radius 2 is 1.92 bits per heavy atom. The van der Waals surface area contributed by atoms with Gasteiger partial charge in [0.15, 0.2) is 0 Å². The molecule has 0 aliphatic rings. The highest BCUT2D eigenvalue weighted by Gasteiger charge is 2.12. The number of carbonyl (C=O) groups excluding carboxylic acids is 2. The van der Waals surface area contributed by atoms with Gasteiger partial charge in [0, 0.05) is 17.7 Å². The van der Waals surface area contributed by atoms with Crippen LogP contribution in [-0.2, 0) is 11.3 Å². The Balaban J connectivity index is 1.51. The van der Waals surface area contributed by atoms with Crippen molar-refractivity contribution in [3.05, 3.63) is 69.2 Å². The number of amides is 2. The Bertz CT molecular complexity index is 953. The molecule has 0 aliphatic heterocycles. The van der Waals surface area contributed by atoms with Crippen LogP contribution >= 0.6 is 11.3 Å². The van der Waals surface area contributed by atoms with Gasteiger partial charge in [-0.25, -0.2) is 4.98 Å². The topological polar surface area (TPSA) is 114 Å². The zero-order chi connectivity index (χ0) is 18.5. The quantitative estimate of drug-likeness (QED) is 0.510. The van der Waals surface area contributed by atoms with E-state index in [1.165, 1.54) is 29.5 Å². The van der Waals surface area contributed by atoms with Crippen molar-refractivity contribution in [1.82, 2.24) is 15.6 Å². The Kier molecular flexibility index (Phi) is 5.18. The Hall–Kier alpha value is -3.33. The Labute approximate surface area is 152 Å². The fourth-order valence-corrected chi connectivity index (χ4v) is 3.16. The molecule has 9 heteroatoms. The molecule has 2 amide bonds. The highest BCUT2D eigenvalue weighted by molar-refractivity contribution is 7.18. The van der Waals surface area contributed by atoms with Gasteiger partial charge in [0.25, 0.3) is 11.6 Å². The molecule has 1 heterocycles. The maximum Gasteiger partial charge on any atom is 0.270 e. The molecule has 0 atom stereocenters. The number of non-ortho nitro benzene ring substituents is 1. The van der Waals surface area contributed by atoms with E-state index in [9.17, 15) is 19.7 Å². The first-order chi connectivity index (χ1) is 12.5. The molecule has 1 aromatic heterocycles. The molecule has 0 spiro atoms. The number of thiazole rings is 1. The summed E-state index contributed by atoms with van der Waals surface area (Å²) >= 11 is 1.49. The van der Waals surface area contributed by atoms with E-state index in [1.807, 2.05) is 24.3 Å². The van der Waals surface area contributed by atoms with Gasteiger partial charge in [0.1, 0.15) is 5.01 Å². The number of carbonyl (C=O) groups is 2. The first-order valence-corrected chi connectivity index (χ1v) is 8.48. The van der Waals surface area contributed by atoms with Crippen LogP contribution in [0.15, 0.2) is 48.5 Å². The van der Waals surface area contributed by atoms with Crippen molar-refractivity contribution in [3.8, 4) is 0 Å². The van der Waals surface area contributed by atoms with Crippen molar-refractivity contribution < 1.29 is 14.5 Å². The van der Waals surface area contributed by atoms with Gasteiger partial charge in [0.2, 0.25) is 5.91 Å². The van der Waals surface area contributed by atoms with Gasteiger partial charge in [-0.05, 0) is 18.2 Å². The smallest absolute Gasteiger partial charge is 0.270 e. The second-order valence-corrected chi connectivity index (χ2v) is 6.46. The normalized spacial score (nSPS) is 10.5. The van der Waals surface area contributed by atoms with E-state index in [2.05, 4.69) is 15.6 Å². The Morgan fingerprint density at radius 3 is 2.69 bits per heavy atom. The molecule has 2 aromatic carbocycles. The first-order valence-electron chi connectivity index (χ1n) is 7.67.